The Morgan fingerprint density at radius 2 is 1.48 bits per heavy atom. The van der Waals surface area contributed by atoms with Crippen LogP contribution in [-0.4, -0.2) is 29.7 Å². The lowest BCUT2D eigenvalue weighted by Gasteiger charge is -2.47. The van der Waals surface area contributed by atoms with E-state index in [9.17, 15) is 5.11 Å². The third kappa shape index (κ3) is 5.17. The topological polar surface area (TPSA) is 47.9 Å². The second-order valence-corrected chi connectivity index (χ2v) is 7.62. The van der Waals surface area contributed by atoms with Crippen LogP contribution < -0.4 is 0 Å². The molecular weight excluding hydrogens is 340 g/mol. The molecule has 2 unspecified atom stereocenters. The predicted octanol–water partition coefficient (Wildman–Crippen LogP) is 4.17. The summed E-state index contributed by atoms with van der Waals surface area (Å²) < 4.78 is 18.1. The van der Waals surface area contributed by atoms with E-state index < -0.39 is 5.79 Å². The predicted molar refractivity (Wildman–Crippen MR) is 105 cm³/mol. The van der Waals surface area contributed by atoms with Crippen molar-refractivity contribution in [2.45, 2.75) is 52.0 Å². The summed E-state index contributed by atoms with van der Waals surface area (Å²) >= 11 is 0. The summed E-state index contributed by atoms with van der Waals surface area (Å²) in [4.78, 5) is 0. The minimum Gasteiger partial charge on any atom is -0.374 e. The number of hydrogen-bond donors (Lipinski definition) is 1. The molecule has 5 atom stereocenters. The maximum absolute atomic E-state index is 10.7. The molecule has 1 N–H and O–H groups in total. The average Bonchev–Trinajstić information content (AvgIpc) is 2.67. The Kier molecular flexibility index (Phi) is 6.66. The molecule has 1 fully saturated rings. The summed E-state index contributed by atoms with van der Waals surface area (Å²) in [6.07, 6.45) is -0.463. The van der Waals surface area contributed by atoms with Crippen LogP contribution in [0.3, 0.4) is 0 Å². The van der Waals surface area contributed by atoms with Gasteiger partial charge in [-0.1, -0.05) is 74.5 Å². The van der Waals surface area contributed by atoms with Crippen LogP contribution in [0.1, 0.15) is 31.9 Å². The van der Waals surface area contributed by atoms with Crippen LogP contribution in [0.25, 0.3) is 0 Å². The molecule has 0 spiro atoms. The van der Waals surface area contributed by atoms with Crippen LogP contribution in [0.4, 0.5) is 0 Å². The van der Waals surface area contributed by atoms with Gasteiger partial charge in [0, 0.05) is 5.92 Å². The van der Waals surface area contributed by atoms with Crippen molar-refractivity contribution in [2.75, 3.05) is 6.61 Å². The Balaban J connectivity index is 1.64. The van der Waals surface area contributed by atoms with Gasteiger partial charge in [-0.2, -0.15) is 0 Å². The number of aliphatic hydroxyl groups is 1. The smallest absolute Gasteiger partial charge is 0.166 e. The van der Waals surface area contributed by atoms with Crippen molar-refractivity contribution in [3.8, 4) is 0 Å². The van der Waals surface area contributed by atoms with Gasteiger partial charge in [0.1, 0.15) is 6.10 Å². The van der Waals surface area contributed by atoms with Crippen molar-refractivity contribution in [1.82, 2.24) is 0 Å². The number of ether oxygens (including phenoxy) is 3. The van der Waals surface area contributed by atoms with E-state index in [4.69, 9.17) is 14.2 Å². The molecule has 0 aromatic heterocycles. The standard InChI is InChI=1S/C23H30O4/c1-17-18(2)23(3,24)27-21(16-25-14-19-10-6-4-7-11-19)22(17)26-15-20-12-8-5-9-13-20/h4-13,17-18,21-22,24H,14-16H2,1-3H3/t17-,18?,21?,22-,23+/m1/s1. The van der Waals surface area contributed by atoms with E-state index in [0.717, 1.165) is 11.1 Å². The molecule has 27 heavy (non-hydrogen) atoms. The minimum atomic E-state index is -1.19. The van der Waals surface area contributed by atoms with Crippen LogP contribution in [0, 0.1) is 11.8 Å². The Labute approximate surface area is 162 Å². The monoisotopic (exact) mass is 370 g/mol. The van der Waals surface area contributed by atoms with Crippen molar-refractivity contribution < 1.29 is 19.3 Å². The van der Waals surface area contributed by atoms with E-state index in [1.807, 2.05) is 55.5 Å². The number of benzene rings is 2. The molecule has 4 nitrogen and oxygen atoms in total. The van der Waals surface area contributed by atoms with Crippen molar-refractivity contribution >= 4 is 0 Å². The maximum atomic E-state index is 10.7. The van der Waals surface area contributed by atoms with Crippen molar-refractivity contribution in [3.05, 3.63) is 71.8 Å². The van der Waals surface area contributed by atoms with Gasteiger partial charge in [-0.15, -0.1) is 0 Å². The molecule has 0 radical (unpaired) electrons. The molecule has 1 aliphatic rings. The van der Waals surface area contributed by atoms with Crippen LogP contribution in [-0.2, 0) is 27.4 Å². The SMILES string of the molecule is CC1[C@@H](C)[C@@H](OCc2ccccc2)C(COCc2ccccc2)O[C@]1(C)O. The lowest BCUT2D eigenvalue weighted by Crippen LogP contribution is -2.57. The average molecular weight is 370 g/mol. The molecular formula is C23H30O4. The lowest BCUT2D eigenvalue weighted by atomic mass is 9.80. The molecule has 1 heterocycles. The Hall–Kier alpha value is -1.72. The quantitative estimate of drug-likeness (QED) is 0.795. The van der Waals surface area contributed by atoms with Gasteiger partial charge >= 0.3 is 0 Å². The zero-order chi connectivity index (χ0) is 19.3. The number of hydrogen-bond acceptors (Lipinski definition) is 4. The first-order valence-electron chi connectivity index (χ1n) is 9.65. The van der Waals surface area contributed by atoms with E-state index in [1.54, 1.807) is 6.92 Å². The fourth-order valence-electron chi connectivity index (χ4n) is 3.61. The molecule has 2 aromatic rings. The van der Waals surface area contributed by atoms with Gasteiger partial charge < -0.3 is 19.3 Å². The van der Waals surface area contributed by atoms with Crippen molar-refractivity contribution in [1.29, 1.82) is 0 Å². The molecule has 0 aliphatic carbocycles. The second-order valence-electron chi connectivity index (χ2n) is 7.62. The van der Waals surface area contributed by atoms with E-state index in [0.29, 0.717) is 19.8 Å². The summed E-state index contributed by atoms with van der Waals surface area (Å²) in [6.45, 7) is 7.25. The van der Waals surface area contributed by atoms with Crippen LogP contribution in [0.5, 0.6) is 0 Å². The van der Waals surface area contributed by atoms with Gasteiger partial charge in [-0.3, -0.25) is 0 Å². The van der Waals surface area contributed by atoms with Crippen LogP contribution >= 0.6 is 0 Å². The molecule has 0 saturated carbocycles. The largest absolute Gasteiger partial charge is 0.374 e. The normalized spacial score (nSPS) is 31.0. The molecule has 0 bridgehead atoms. The van der Waals surface area contributed by atoms with E-state index in [1.165, 1.54) is 0 Å². The highest BCUT2D eigenvalue weighted by Crippen LogP contribution is 2.38. The second kappa shape index (κ2) is 8.98. The van der Waals surface area contributed by atoms with Crippen molar-refractivity contribution in [3.63, 3.8) is 0 Å². The van der Waals surface area contributed by atoms with Gasteiger partial charge in [-0.25, -0.2) is 0 Å². The van der Waals surface area contributed by atoms with Gasteiger partial charge in [0.2, 0.25) is 0 Å². The van der Waals surface area contributed by atoms with Crippen LogP contribution in [0.2, 0.25) is 0 Å². The van der Waals surface area contributed by atoms with E-state index in [2.05, 4.69) is 19.1 Å². The Morgan fingerprint density at radius 1 is 0.926 bits per heavy atom. The Bertz CT molecular complexity index is 686. The van der Waals surface area contributed by atoms with Gasteiger partial charge in [-0.05, 0) is 24.0 Å². The number of rotatable bonds is 7. The molecule has 4 heteroatoms. The fourth-order valence-corrected chi connectivity index (χ4v) is 3.61. The highest BCUT2D eigenvalue weighted by atomic mass is 16.7. The molecule has 2 aromatic carbocycles. The highest BCUT2D eigenvalue weighted by Gasteiger charge is 2.47. The first-order valence-corrected chi connectivity index (χ1v) is 9.65. The summed E-state index contributed by atoms with van der Waals surface area (Å²) in [5, 5.41) is 10.7. The summed E-state index contributed by atoms with van der Waals surface area (Å²) in [5.74, 6) is -1.08. The molecule has 3 rings (SSSR count). The minimum absolute atomic E-state index is 0.0383. The summed E-state index contributed by atoms with van der Waals surface area (Å²) in [7, 11) is 0. The fraction of sp³-hybridized carbons (Fsp3) is 0.478. The molecule has 146 valence electrons. The van der Waals surface area contributed by atoms with Gasteiger partial charge in [0.15, 0.2) is 5.79 Å². The summed E-state index contributed by atoms with van der Waals surface area (Å²) in [6, 6.07) is 20.2. The van der Waals surface area contributed by atoms with E-state index in [-0.39, 0.29) is 24.0 Å². The summed E-state index contributed by atoms with van der Waals surface area (Å²) in [5.41, 5.74) is 2.24. The molecule has 0 amide bonds. The first-order chi connectivity index (χ1) is 13.0. The third-order valence-corrected chi connectivity index (χ3v) is 5.59. The third-order valence-electron chi connectivity index (χ3n) is 5.59. The van der Waals surface area contributed by atoms with Gasteiger partial charge in [0.05, 0.1) is 25.9 Å². The van der Waals surface area contributed by atoms with Gasteiger partial charge in [0.25, 0.3) is 0 Å². The highest BCUT2D eigenvalue weighted by molar-refractivity contribution is 5.14. The molecule has 1 saturated heterocycles. The first kappa shape index (κ1) is 20.0. The Morgan fingerprint density at radius 3 is 2.07 bits per heavy atom. The van der Waals surface area contributed by atoms with E-state index >= 15 is 0 Å². The zero-order valence-corrected chi connectivity index (χ0v) is 16.4. The van der Waals surface area contributed by atoms with Crippen LogP contribution in [0.15, 0.2) is 60.7 Å². The maximum Gasteiger partial charge on any atom is 0.166 e. The molecule has 1 aliphatic heterocycles. The lowest BCUT2D eigenvalue weighted by molar-refractivity contribution is -0.321. The zero-order valence-electron chi connectivity index (χ0n) is 16.4. The van der Waals surface area contributed by atoms with Crippen molar-refractivity contribution in [2.24, 2.45) is 11.8 Å².